The molecule has 0 bridgehead atoms. The van der Waals surface area contributed by atoms with E-state index < -0.39 is 11.8 Å². The highest BCUT2D eigenvalue weighted by atomic mass is 35.5. The topological polar surface area (TPSA) is 76.1 Å². The number of ketones is 2. The summed E-state index contributed by atoms with van der Waals surface area (Å²) in [5, 5.41) is 3.87. The third-order valence-electron chi connectivity index (χ3n) is 6.21. The minimum Gasteiger partial charge on any atom is -0.351 e. The number of amides is 1. The fourth-order valence-electron chi connectivity index (χ4n) is 4.67. The summed E-state index contributed by atoms with van der Waals surface area (Å²) in [5.74, 6) is -1.63. The van der Waals surface area contributed by atoms with Crippen LogP contribution in [0.2, 0.25) is 10.0 Å². The second-order valence-electron chi connectivity index (χ2n) is 8.64. The van der Waals surface area contributed by atoms with Crippen LogP contribution in [0.4, 0.5) is 0 Å². The Morgan fingerprint density at radius 1 is 1.00 bits per heavy atom. The summed E-state index contributed by atoms with van der Waals surface area (Å²) in [6, 6.07) is 14.4. The average Bonchev–Trinajstić information content (AvgIpc) is 3.06. The number of hydrogen-bond donors (Lipinski definition) is 1. The monoisotopic (exact) mass is 494 g/mol. The van der Waals surface area contributed by atoms with Gasteiger partial charge >= 0.3 is 0 Å². The molecule has 1 aromatic heterocycles. The molecule has 1 saturated carbocycles. The van der Waals surface area contributed by atoms with Crippen molar-refractivity contribution in [2.75, 3.05) is 6.54 Å². The molecule has 0 radical (unpaired) electrons. The molecular weight excluding hydrogens is 471 g/mol. The van der Waals surface area contributed by atoms with Gasteiger partial charge in [0.25, 0.3) is 5.91 Å². The summed E-state index contributed by atoms with van der Waals surface area (Å²) in [7, 11) is 0. The van der Waals surface area contributed by atoms with Crippen molar-refractivity contribution in [3.63, 3.8) is 0 Å². The van der Waals surface area contributed by atoms with Gasteiger partial charge in [0.15, 0.2) is 5.78 Å². The van der Waals surface area contributed by atoms with E-state index in [0.717, 1.165) is 27.8 Å². The smallest absolute Gasteiger partial charge is 0.269 e. The van der Waals surface area contributed by atoms with Crippen LogP contribution >= 0.6 is 23.2 Å². The minimum absolute atomic E-state index is 0.0733. The van der Waals surface area contributed by atoms with Crippen LogP contribution in [0.3, 0.4) is 0 Å². The van der Waals surface area contributed by atoms with Crippen molar-refractivity contribution in [2.45, 2.75) is 32.6 Å². The number of Topliss-reactive ketones (excluding diaryl/α,β-unsaturated/α-hetero) is 2. The zero-order chi connectivity index (χ0) is 24.4. The molecule has 1 amide bonds. The third-order valence-corrected chi connectivity index (χ3v) is 6.65. The summed E-state index contributed by atoms with van der Waals surface area (Å²) >= 11 is 12.3. The predicted octanol–water partition coefficient (Wildman–Crippen LogP) is 5.73. The number of carbonyl (C=O) groups is 3. The average molecular weight is 495 g/mol. The van der Waals surface area contributed by atoms with E-state index in [0.29, 0.717) is 28.7 Å². The van der Waals surface area contributed by atoms with Gasteiger partial charge in [-0.25, -0.2) is 0 Å². The van der Waals surface area contributed by atoms with Gasteiger partial charge in [-0.2, -0.15) is 0 Å². The standard InChI is InChI=1S/C27H24Cl2N2O3/c1-15-9-18(19-11-20(28)14-21(29)12-19)10-16(2)24(15)25-23(32)13-17(26(25)33)6-8-31-27(34)22-5-3-4-7-30-22/h3-5,7,9-12,14,17,25H,6,8,13H2,1-2H3,(H,31,34). The van der Waals surface area contributed by atoms with E-state index >= 15 is 0 Å². The largest absolute Gasteiger partial charge is 0.351 e. The highest BCUT2D eigenvalue weighted by Gasteiger charge is 2.42. The maximum Gasteiger partial charge on any atom is 0.269 e. The minimum atomic E-state index is -0.770. The van der Waals surface area contributed by atoms with Crippen LogP contribution in [0.25, 0.3) is 11.1 Å². The van der Waals surface area contributed by atoms with Gasteiger partial charge in [0, 0.05) is 35.1 Å². The maximum absolute atomic E-state index is 13.2. The molecule has 2 unspecified atom stereocenters. The number of carbonyl (C=O) groups excluding carboxylic acids is 3. The number of aryl methyl sites for hydroxylation is 2. The van der Waals surface area contributed by atoms with Crippen molar-refractivity contribution >= 4 is 40.7 Å². The predicted molar refractivity (Wildman–Crippen MR) is 133 cm³/mol. The van der Waals surface area contributed by atoms with E-state index in [1.165, 1.54) is 0 Å². The van der Waals surface area contributed by atoms with Gasteiger partial charge < -0.3 is 5.32 Å². The molecule has 0 spiro atoms. The zero-order valence-electron chi connectivity index (χ0n) is 18.9. The number of rotatable bonds is 6. The lowest BCUT2D eigenvalue weighted by atomic mass is 9.85. The number of benzene rings is 2. The van der Waals surface area contributed by atoms with Gasteiger partial charge in [-0.1, -0.05) is 41.4 Å². The number of pyridine rings is 1. The fourth-order valence-corrected chi connectivity index (χ4v) is 5.19. The normalized spacial score (nSPS) is 17.8. The van der Waals surface area contributed by atoms with Crippen molar-refractivity contribution < 1.29 is 14.4 Å². The molecule has 1 aliphatic carbocycles. The number of aromatic nitrogens is 1. The molecular formula is C27H24Cl2N2O3. The lowest BCUT2D eigenvalue weighted by Gasteiger charge is -2.18. The first-order valence-corrected chi connectivity index (χ1v) is 11.8. The molecule has 2 aromatic carbocycles. The summed E-state index contributed by atoms with van der Waals surface area (Å²) in [5.41, 5.74) is 4.65. The van der Waals surface area contributed by atoms with E-state index in [2.05, 4.69) is 10.3 Å². The first-order valence-electron chi connectivity index (χ1n) is 11.1. The van der Waals surface area contributed by atoms with E-state index in [1.54, 1.807) is 30.5 Å². The maximum atomic E-state index is 13.2. The van der Waals surface area contributed by atoms with Crippen LogP contribution < -0.4 is 5.32 Å². The molecule has 34 heavy (non-hydrogen) atoms. The number of nitrogens with one attached hydrogen (secondary N) is 1. The van der Waals surface area contributed by atoms with Crippen LogP contribution in [0.1, 0.15) is 45.9 Å². The molecule has 2 atom stereocenters. The van der Waals surface area contributed by atoms with Gasteiger partial charge in [-0.05, 0) is 78.4 Å². The van der Waals surface area contributed by atoms with Crippen molar-refractivity contribution in [2.24, 2.45) is 5.92 Å². The van der Waals surface area contributed by atoms with E-state index in [-0.39, 0.29) is 23.9 Å². The highest BCUT2D eigenvalue weighted by molar-refractivity contribution is 6.35. The van der Waals surface area contributed by atoms with Crippen molar-refractivity contribution in [1.82, 2.24) is 10.3 Å². The van der Waals surface area contributed by atoms with Crippen molar-refractivity contribution in [3.05, 3.63) is 87.2 Å². The lowest BCUT2D eigenvalue weighted by molar-refractivity contribution is -0.124. The molecule has 1 fully saturated rings. The molecule has 4 rings (SSSR count). The Morgan fingerprint density at radius 2 is 1.65 bits per heavy atom. The molecule has 0 aliphatic heterocycles. The third kappa shape index (κ3) is 5.06. The van der Waals surface area contributed by atoms with E-state index in [4.69, 9.17) is 23.2 Å². The quantitative estimate of drug-likeness (QED) is 0.443. The van der Waals surface area contributed by atoms with Crippen LogP contribution in [0, 0.1) is 19.8 Å². The molecule has 7 heteroatoms. The van der Waals surface area contributed by atoms with Gasteiger partial charge in [0.2, 0.25) is 0 Å². The van der Waals surface area contributed by atoms with E-state index in [9.17, 15) is 14.4 Å². The molecule has 5 nitrogen and oxygen atoms in total. The summed E-state index contributed by atoms with van der Waals surface area (Å²) in [4.78, 5) is 42.3. The number of hydrogen-bond acceptors (Lipinski definition) is 4. The Kier molecular flexibility index (Phi) is 7.15. The number of halogens is 2. The first kappa shape index (κ1) is 24.1. The Morgan fingerprint density at radius 3 is 2.26 bits per heavy atom. The summed E-state index contributed by atoms with van der Waals surface area (Å²) in [6.45, 7) is 4.14. The SMILES string of the molecule is Cc1cc(-c2cc(Cl)cc(Cl)c2)cc(C)c1C1C(=O)CC(CCNC(=O)c2ccccn2)C1=O. The second-order valence-corrected chi connectivity index (χ2v) is 9.52. The zero-order valence-corrected chi connectivity index (χ0v) is 20.4. The van der Waals surface area contributed by atoms with Crippen LogP contribution in [-0.4, -0.2) is 29.0 Å². The fraction of sp³-hybridized carbons (Fsp3) is 0.259. The van der Waals surface area contributed by atoms with Gasteiger partial charge in [-0.15, -0.1) is 0 Å². The molecule has 0 saturated heterocycles. The molecule has 1 aliphatic rings. The Hall–Kier alpha value is -3.02. The van der Waals surface area contributed by atoms with Gasteiger partial charge in [0.1, 0.15) is 17.4 Å². The van der Waals surface area contributed by atoms with E-state index in [1.807, 2.05) is 38.1 Å². The molecule has 174 valence electrons. The Balaban J connectivity index is 1.49. The number of nitrogens with zero attached hydrogens (tertiary/aromatic N) is 1. The van der Waals surface area contributed by atoms with Crippen molar-refractivity contribution in [1.29, 1.82) is 0 Å². The van der Waals surface area contributed by atoms with Gasteiger partial charge in [0.05, 0.1) is 0 Å². The van der Waals surface area contributed by atoms with Crippen LogP contribution in [0.15, 0.2) is 54.7 Å². The Labute approximate surface area is 208 Å². The van der Waals surface area contributed by atoms with Crippen LogP contribution in [-0.2, 0) is 9.59 Å². The Bertz CT molecular complexity index is 1230. The highest BCUT2D eigenvalue weighted by Crippen LogP contribution is 2.39. The lowest BCUT2D eigenvalue weighted by Crippen LogP contribution is -2.27. The summed E-state index contributed by atoms with van der Waals surface area (Å²) < 4.78 is 0. The summed E-state index contributed by atoms with van der Waals surface area (Å²) in [6.07, 6.45) is 2.15. The van der Waals surface area contributed by atoms with Gasteiger partial charge in [-0.3, -0.25) is 19.4 Å². The first-order chi connectivity index (χ1) is 16.2. The molecule has 1 heterocycles. The van der Waals surface area contributed by atoms with Crippen LogP contribution in [0.5, 0.6) is 0 Å². The molecule has 3 aromatic rings. The molecule has 1 N–H and O–H groups in total. The van der Waals surface area contributed by atoms with Crippen molar-refractivity contribution in [3.8, 4) is 11.1 Å². The second kappa shape index (κ2) is 10.1.